The first-order chi connectivity index (χ1) is 13.0. The molecule has 2 saturated heterocycles. The largest absolute Gasteiger partial charge is 0.508 e. The highest BCUT2D eigenvalue weighted by atomic mass is 19.3. The van der Waals surface area contributed by atoms with E-state index in [0.717, 1.165) is 29.9 Å². The summed E-state index contributed by atoms with van der Waals surface area (Å²) in [5.41, 5.74) is 2.55. The van der Waals surface area contributed by atoms with Gasteiger partial charge in [0, 0.05) is 49.8 Å². The van der Waals surface area contributed by atoms with Gasteiger partial charge >= 0.3 is 0 Å². The van der Waals surface area contributed by atoms with Crippen LogP contribution in [0.2, 0.25) is 0 Å². The SMILES string of the molecule is Oc1ccc(-c2[nH]ncc2CN2CC(F)(F)C[C@H]2CN2CCOCC2)cc1. The van der Waals surface area contributed by atoms with Gasteiger partial charge in [-0.3, -0.25) is 14.9 Å². The Bertz CT molecular complexity index is 759. The zero-order valence-corrected chi connectivity index (χ0v) is 15.1. The molecule has 3 heterocycles. The minimum atomic E-state index is -2.67. The summed E-state index contributed by atoms with van der Waals surface area (Å²) in [6, 6.07) is 6.59. The number of H-pyrrole nitrogens is 1. The number of alkyl halides is 2. The molecule has 0 radical (unpaired) electrons. The van der Waals surface area contributed by atoms with E-state index < -0.39 is 5.92 Å². The van der Waals surface area contributed by atoms with Crippen LogP contribution in [0.25, 0.3) is 11.3 Å². The van der Waals surface area contributed by atoms with Gasteiger partial charge in [-0.15, -0.1) is 0 Å². The van der Waals surface area contributed by atoms with Crippen molar-refractivity contribution in [1.82, 2.24) is 20.0 Å². The molecule has 2 aliphatic heterocycles. The highest BCUT2D eigenvalue weighted by molar-refractivity contribution is 5.63. The lowest BCUT2D eigenvalue weighted by Gasteiger charge is -2.32. The molecule has 2 aliphatic rings. The van der Waals surface area contributed by atoms with Gasteiger partial charge in [0.2, 0.25) is 0 Å². The predicted molar refractivity (Wildman–Crippen MR) is 96.7 cm³/mol. The first-order valence-corrected chi connectivity index (χ1v) is 9.24. The van der Waals surface area contributed by atoms with E-state index in [1.165, 1.54) is 0 Å². The Morgan fingerprint density at radius 3 is 2.70 bits per heavy atom. The smallest absolute Gasteiger partial charge is 0.262 e. The number of phenols is 1. The van der Waals surface area contributed by atoms with Crippen molar-refractivity contribution in [1.29, 1.82) is 0 Å². The topological polar surface area (TPSA) is 64.6 Å². The van der Waals surface area contributed by atoms with Crippen molar-refractivity contribution in [2.24, 2.45) is 0 Å². The van der Waals surface area contributed by atoms with Crippen LogP contribution in [0.4, 0.5) is 8.78 Å². The maximum absolute atomic E-state index is 14.2. The molecule has 1 aromatic carbocycles. The summed E-state index contributed by atoms with van der Waals surface area (Å²) in [6.07, 6.45) is 1.58. The number of morpholine rings is 1. The zero-order chi connectivity index (χ0) is 18.9. The Morgan fingerprint density at radius 2 is 1.96 bits per heavy atom. The number of nitrogens with zero attached hydrogens (tertiary/aromatic N) is 3. The molecule has 1 atom stereocenters. The lowest BCUT2D eigenvalue weighted by Crippen LogP contribution is -2.44. The van der Waals surface area contributed by atoms with Crippen LogP contribution in [0.5, 0.6) is 5.75 Å². The van der Waals surface area contributed by atoms with Crippen LogP contribution in [0.3, 0.4) is 0 Å². The number of aromatic hydroxyl groups is 1. The number of rotatable bonds is 5. The monoisotopic (exact) mass is 378 g/mol. The van der Waals surface area contributed by atoms with E-state index in [4.69, 9.17) is 4.74 Å². The first-order valence-electron chi connectivity index (χ1n) is 9.24. The van der Waals surface area contributed by atoms with Gasteiger partial charge in [-0.05, 0) is 24.3 Å². The standard InChI is InChI=1S/C19H24F2N4O2/c20-19(21)9-16(12-24-5-7-27-8-6-24)25(13-19)11-15-10-22-23-18(15)14-1-3-17(26)4-2-14/h1-4,10,16,26H,5-9,11-13H2,(H,22,23)/t16-/m0/s1. The van der Waals surface area contributed by atoms with E-state index in [1.54, 1.807) is 30.5 Å². The molecule has 2 fully saturated rings. The molecule has 2 aromatic rings. The average Bonchev–Trinajstić information content (AvgIpc) is 3.21. The van der Waals surface area contributed by atoms with Crippen molar-refractivity contribution >= 4 is 0 Å². The minimum absolute atomic E-state index is 0.114. The maximum atomic E-state index is 14.2. The van der Waals surface area contributed by atoms with Gasteiger partial charge in [-0.2, -0.15) is 5.10 Å². The predicted octanol–water partition coefficient (Wildman–Crippen LogP) is 2.32. The summed E-state index contributed by atoms with van der Waals surface area (Å²) >= 11 is 0. The van der Waals surface area contributed by atoms with E-state index in [0.29, 0.717) is 26.3 Å². The van der Waals surface area contributed by atoms with Crippen LogP contribution >= 0.6 is 0 Å². The molecule has 0 unspecified atom stereocenters. The van der Waals surface area contributed by atoms with Gasteiger partial charge in [0.05, 0.1) is 31.6 Å². The molecule has 0 bridgehead atoms. The molecule has 27 heavy (non-hydrogen) atoms. The molecule has 0 spiro atoms. The summed E-state index contributed by atoms with van der Waals surface area (Å²) in [6.45, 7) is 3.72. The summed E-state index contributed by atoms with van der Waals surface area (Å²) in [5.74, 6) is -2.48. The number of phenolic OH excluding ortho intramolecular Hbond substituents is 1. The molecule has 0 amide bonds. The van der Waals surface area contributed by atoms with E-state index in [1.807, 2.05) is 4.90 Å². The fraction of sp³-hybridized carbons (Fsp3) is 0.526. The van der Waals surface area contributed by atoms with Crippen molar-refractivity contribution in [3.63, 3.8) is 0 Å². The number of hydrogen-bond acceptors (Lipinski definition) is 5. The van der Waals surface area contributed by atoms with Crippen molar-refractivity contribution in [3.05, 3.63) is 36.0 Å². The second kappa shape index (κ2) is 7.53. The highest BCUT2D eigenvalue weighted by Crippen LogP contribution is 2.35. The van der Waals surface area contributed by atoms with Crippen molar-refractivity contribution in [2.75, 3.05) is 39.4 Å². The van der Waals surface area contributed by atoms with Crippen LogP contribution in [-0.4, -0.2) is 76.5 Å². The number of halogens is 2. The van der Waals surface area contributed by atoms with Crippen LogP contribution < -0.4 is 0 Å². The normalized spacial score (nSPS) is 23.7. The molecule has 4 rings (SSSR count). The number of nitrogens with one attached hydrogen (secondary N) is 1. The Morgan fingerprint density at radius 1 is 1.22 bits per heavy atom. The number of hydrogen-bond donors (Lipinski definition) is 2. The summed E-state index contributed by atoms with van der Waals surface area (Å²) < 4.78 is 33.7. The third-order valence-electron chi connectivity index (χ3n) is 5.31. The third-order valence-corrected chi connectivity index (χ3v) is 5.31. The summed E-state index contributed by atoms with van der Waals surface area (Å²) in [7, 11) is 0. The maximum Gasteiger partial charge on any atom is 0.262 e. The average molecular weight is 378 g/mol. The first kappa shape index (κ1) is 18.3. The fourth-order valence-electron chi connectivity index (χ4n) is 3.94. The van der Waals surface area contributed by atoms with Gasteiger partial charge in [-0.1, -0.05) is 0 Å². The second-order valence-electron chi connectivity index (χ2n) is 7.35. The van der Waals surface area contributed by atoms with Crippen molar-refractivity contribution in [2.45, 2.75) is 24.9 Å². The number of aromatic nitrogens is 2. The number of benzene rings is 1. The molecule has 8 heteroatoms. The number of ether oxygens (including phenoxy) is 1. The summed E-state index contributed by atoms with van der Waals surface area (Å²) in [5, 5.41) is 16.5. The molecule has 6 nitrogen and oxygen atoms in total. The Labute approximate surface area is 156 Å². The van der Waals surface area contributed by atoms with Gasteiger partial charge < -0.3 is 9.84 Å². The van der Waals surface area contributed by atoms with Crippen LogP contribution in [0.1, 0.15) is 12.0 Å². The van der Waals surface area contributed by atoms with E-state index >= 15 is 0 Å². The highest BCUT2D eigenvalue weighted by Gasteiger charge is 2.45. The fourth-order valence-corrected chi connectivity index (χ4v) is 3.94. The Hall–Kier alpha value is -2.03. The van der Waals surface area contributed by atoms with Crippen molar-refractivity contribution < 1.29 is 18.6 Å². The molecule has 2 N–H and O–H groups in total. The molecular formula is C19H24F2N4O2. The van der Waals surface area contributed by atoms with Crippen molar-refractivity contribution in [3.8, 4) is 17.0 Å². The summed E-state index contributed by atoms with van der Waals surface area (Å²) in [4.78, 5) is 4.07. The molecule has 0 aliphatic carbocycles. The molecule has 1 aromatic heterocycles. The van der Waals surface area contributed by atoms with Gasteiger partial charge in [0.1, 0.15) is 5.75 Å². The minimum Gasteiger partial charge on any atom is -0.508 e. The number of likely N-dealkylation sites (tertiary alicyclic amines) is 1. The zero-order valence-electron chi connectivity index (χ0n) is 15.1. The number of aromatic amines is 1. The van der Waals surface area contributed by atoms with E-state index in [9.17, 15) is 13.9 Å². The van der Waals surface area contributed by atoms with Crippen LogP contribution in [0, 0.1) is 0 Å². The van der Waals surface area contributed by atoms with E-state index in [-0.39, 0.29) is 24.8 Å². The van der Waals surface area contributed by atoms with Gasteiger partial charge in [0.25, 0.3) is 5.92 Å². The van der Waals surface area contributed by atoms with E-state index in [2.05, 4.69) is 15.1 Å². The molecular weight excluding hydrogens is 354 g/mol. The van der Waals surface area contributed by atoms with Gasteiger partial charge in [0.15, 0.2) is 0 Å². The quantitative estimate of drug-likeness (QED) is 0.836. The molecule has 146 valence electrons. The molecule has 0 saturated carbocycles. The lowest BCUT2D eigenvalue weighted by atomic mass is 10.1. The second-order valence-corrected chi connectivity index (χ2v) is 7.35. The Balaban J connectivity index is 1.50. The lowest BCUT2D eigenvalue weighted by molar-refractivity contribution is 0.0107. The third kappa shape index (κ3) is 4.28. The van der Waals surface area contributed by atoms with Crippen LogP contribution in [0.15, 0.2) is 30.5 Å². The van der Waals surface area contributed by atoms with Gasteiger partial charge in [-0.25, -0.2) is 8.78 Å². The Kier molecular flexibility index (Phi) is 5.12. The van der Waals surface area contributed by atoms with Crippen LogP contribution in [-0.2, 0) is 11.3 Å².